The molecule has 2 aliphatic rings. The number of carbonyl (C=O) groups excluding carboxylic acids is 2. The summed E-state index contributed by atoms with van der Waals surface area (Å²) in [5.41, 5.74) is 0.571. The average Bonchev–Trinajstić information content (AvgIpc) is 2.97. The summed E-state index contributed by atoms with van der Waals surface area (Å²) in [6, 6.07) is 7.07. The second-order valence-electron chi connectivity index (χ2n) is 5.63. The van der Waals surface area contributed by atoms with Crippen LogP contribution in [0.3, 0.4) is 0 Å². The van der Waals surface area contributed by atoms with Gasteiger partial charge >= 0.3 is 11.9 Å². The van der Waals surface area contributed by atoms with Crippen LogP contribution in [0.1, 0.15) is 31.2 Å². The fourth-order valence-corrected chi connectivity index (χ4v) is 2.80. The number of esters is 2. The smallest absolute Gasteiger partial charge is 0.348 e. The predicted molar refractivity (Wildman–Crippen MR) is 83.5 cm³/mol. The van der Waals surface area contributed by atoms with Crippen molar-refractivity contribution in [1.29, 1.82) is 0 Å². The van der Waals surface area contributed by atoms with Gasteiger partial charge in [0.2, 0.25) is 0 Å². The Kier molecular flexibility index (Phi) is 4.19. The lowest BCUT2D eigenvalue weighted by Crippen LogP contribution is -2.44. The minimum Gasteiger partial charge on any atom is -0.490 e. The van der Waals surface area contributed by atoms with Gasteiger partial charge in [-0.1, -0.05) is 24.8 Å². The van der Waals surface area contributed by atoms with Crippen molar-refractivity contribution in [3.63, 3.8) is 0 Å². The molecule has 0 aromatic heterocycles. The number of carbonyl (C=O) groups is 2. The lowest BCUT2D eigenvalue weighted by molar-refractivity contribution is -0.232. The van der Waals surface area contributed by atoms with Crippen molar-refractivity contribution in [2.75, 3.05) is 6.61 Å². The number of rotatable bonds is 4. The zero-order chi connectivity index (χ0) is 16.3. The summed E-state index contributed by atoms with van der Waals surface area (Å²) in [6.07, 6.45) is 6.03. The van der Waals surface area contributed by atoms with E-state index in [4.69, 9.17) is 14.2 Å². The van der Waals surface area contributed by atoms with Gasteiger partial charge < -0.3 is 14.2 Å². The second-order valence-corrected chi connectivity index (χ2v) is 5.63. The fourth-order valence-electron chi connectivity index (χ4n) is 2.80. The van der Waals surface area contributed by atoms with Gasteiger partial charge in [0.15, 0.2) is 0 Å². The largest absolute Gasteiger partial charge is 0.490 e. The van der Waals surface area contributed by atoms with E-state index in [9.17, 15) is 9.59 Å². The van der Waals surface area contributed by atoms with Crippen LogP contribution in [0.2, 0.25) is 0 Å². The molecule has 3 rings (SSSR count). The van der Waals surface area contributed by atoms with Gasteiger partial charge in [0, 0.05) is 12.8 Å². The average molecular weight is 314 g/mol. The molecule has 0 bridgehead atoms. The molecule has 0 radical (unpaired) electrons. The van der Waals surface area contributed by atoms with Crippen molar-refractivity contribution in [2.24, 2.45) is 0 Å². The molecule has 0 amide bonds. The SMILES string of the molecule is C=CCOc1cccc(C=C2C(=O)OC3(CCCC3)OC2=O)c1. The molecule has 1 aromatic carbocycles. The Bertz CT molecular complexity index is 646. The van der Waals surface area contributed by atoms with Crippen molar-refractivity contribution >= 4 is 18.0 Å². The summed E-state index contributed by atoms with van der Waals surface area (Å²) in [4.78, 5) is 24.4. The summed E-state index contributed by atoms with van der Waals surface area (Å²) in [5.74, 6) is -1.66. The Labute approximate surface area is 134 Å². The maximum Gasteiger partial charge on any atom is 0.348 e. The van der Waals surface area contributed by atoms with E-state index in [1.165, 1.54) is 6.08 Å². The molecule has 5 heteroatoms. The fraction of sp³-hybridized carbons (Fsp3) is 0.333. The van der Waals surface area contributed by atoms with E-state index in [2.05, 4.69) is 6.58 Å². The molecule has 0 atom stereocenters. The Morgan fingerprint density at radius 2 is 1.87 bits per heavy atom. The molecular formula is C18H18O5. The number of ether oxygens (including phenoxy) is 3. The molecule has 1 saturated heterocycles. The second kappa shape index (κ2) is 6.28. The van der Waals surface area contributed by atoms with Crippen LogP contribution in [0, 0.1) is 0 Å². The van der Waals surface area contributed by atoms with Gasteiger partial charge in [-0.2, -0.15) is 0 Å². The predicted octanol–water partition coefficient (Wildman–Crippen LogP) is 3.01. The Morgan fingerprint density at radius 3 is 2.52 bits per heavy atom. The van der Waals surface area contributed by atoms with Gasteiger partial charge in [-0.3, -0.25) is 0 Å². The summed E-state index contributed by atoms with van der Waals surface area (Å²) < 4.78 is 16.2. The zero-order valence-electron chi connectivity index (χ0n) is 12.7. The van der Waals surface area contributed by atoms with Crippen molar-refractivity contribution in [3.05, 3.63) is 48.1 Å². The zero-order valence-corrected chi connectivity index (χ0v) is 12.7. The monoisotopic (exact) mass is 314 g/mol. The van der Waals surface area contributed by atoms with E-state index in [-0.39, 0.29) is 5.57 Å². The molecule has 1 aliphatic carbocycles. The first-order valence-corrected chi connectivity index (χ1v) is 7.64. The lowest BCUT2D eigenvalue weighted by Gasteiger charge is -2.32. The van der Waals surface area contributed by atoms with Crippen LogP contribution in [-0.4, -0.2) is 24.3 Å². The van der Waals surface area contributed by atoms with Crippen molar-refractivity contribution in [2.45, 2.75) is 31.5 Å². The molecule has 2 fully saturated rings. The minimum atomic E-state index is -1.04. The highest BCUT2D eigenvalue weighted by atomic mass is 16.7. The quantitative estimate of drug-likeness (QED) is 0.370. The molecule has 5 nitrogen and oxygen atoms in total. The molecular weight excluding hydrogens is 296 g/mol. The number of hydrogen-bond acceptors (Lipinski definition) is 5. The van der Waals surface area contributed by atoms with Gasteiger partial charge in [-0.15, -0.1) is 0 Å². The van der Waals surface area contributed by atoms with Gasteiger partial charge in [-0.05, 0) is 36.6 Å². The summed E-state index contributed by atoms with van der Waals surface area (Å²) >= 11 is 0. The molecule has 1 saturated carbocycles. The molecule has 1 heterocycles. The van der Waals surface area contributed by atoms with Gasteiger partial charge in [0.05, 0.1) is 0 Å². The van der Waals surface area contributed by atoms with Crippen LogP contribution >= 0.6 is 0 Å². The molecule has 0 N–H and O–H groups in total. The van der Waals surface area contributed by atoms with Crippen molar-refractivity contribution < 1.29 is 23.8 Å². The first kappa shape index (κ1) is 15.3. The third kappa shape index (κ3) is 3.28. The van der Waals surface area contributed by atoms with E-state index < -0.39 is 17.7 Å². The van der Waals surface area contributed by atoms with E-state index >= 15 is 0 Å². The highest BCUT2D eigenvalue weighted by Crippen LogP contribution is 2.38. The Morgan fingerprint density at radius 1 is 1.17 bits per heavy atom. The van der Waals surface area contributed by atoms with E-state index in [0.29, 0.717) is 30.8 Å². The third-order valence-corrected chi connectivity index (χ3v) is 3.90. The first-order valence-electron chi connectivity index (χ1n) is 7.64. The summed E-state index contributed by atoms with van der Waals surface area (Å²) in [5, 5.41) is 0. The number of hydrogen-bond donors (Lipinski definition) is 0. The Balaban J connectivity index is 1.81. The standard InChI is InChI=1S/C18H18O5/c1-2-10-21-14-7-5-6-13(11-14)12-15-16(19)22-18(23-17(15)20)8-3-4-9-18/h2,5-7,11-12H,1,3-4,8-10H2. The number of benzene rings is 1. The molecule has 23 heavy (non-hydrogen) atoms. The van der Waals surface area contributed by atoms with Gasteiger partial charge in [0.1, 0.15) is 17.9 Å². The van der Waals surface area contributed by atoms with Gasteiger partial charge in [-0.25, -0.2) is 9.59 Å². The van der Waals surface area contributed by atoms with Crippen LogP contribution in [0.4, 0.5) is 0 Å². The summed E-state index contributed by atoms with van der Waals surface area (Å²) in [7, 11) is 0. The van der Waals surface area contributed by atoms with Crippen LogP contribution in [0.15, 0.2) is 42.5 Å². The minimum absolute atomic E-state index is 0.0941. The highest BCUT2D eigenvalue weighted by molar-refractivity contribution is 6.18. The van der Waals surface area contributed by atoms with Crippen molar-refractivity contribution in [1.82, 2.24) is 0 Å². The summed E-state index contributed by atoms with van der Waals surface area (Å²) in [6.45, 7) is 3.97. The highest BCUT2D eigenvalue weighted by Gasteiger charge is 2.47. The third-order valence-electron chi connectivity index (χ3n) is 3.90. The lowest BCUT2D eigenvalue weighted by atomic mass is 10.1. The van der Waals surface area contributed by atoms with E-state index in [0.717, 1.165) is 12.8 Å². The van der Waals surface area contributed by atoms with E-state index in [1.807, 2.05) is 0 Å². The van der Waals surface area contributed by atoms with Crippen LogP contribution in [0.5, 0.6) is 5.75 Å². The molecule has 120 valence electrons. The van der Waals surface area contributed by atoms with Crippen LogP contribution < -0.4 is 4.74 Å². The van der Waals surface area contributed by atoms with Crippen molar-refractivity contribution in [3.8, 4) is 5.75 Å². The van der Waals surface area contributed by atoms with Crippen LogP contribution in [-0.2, 0) is 19.1 Å². The van der Waals surface area contributed by atoms with E-state index in [1.54, 1.807) is 30.3 Å². The van der Waals surface area contributed by atoms with Gasteiger partial charge in [0.25, 0.3) is 5.79 Å². The Hall–Kier alpha value is -2.56. The topological polar surface area (TPSA) is 61.8 Å². The molecule has 0 unspecified atom stereocenters. The van der Waals surface area contributed by atoms with Crippen LogP contribution in [0.25, 0.3) is 6.08 Å². The normalized spacial score (nSPS) is 19.2. The maximum atomic E-state index is 12.2. The molecule has 1 spiro atoms. The first-order chi connectivity index (χ1) is 11.1. The molecule has 1 aromatic rings. The maximum absolute atomic E-state index is 12.2. The molecule has 1 aliphatic heterocycles.